The third kappa shape index (κ3) is 6.23. The van der Waals surface area contributed by atoms with E-state index in [9.17, 15) is 17.6 Å². The first-order valence-electron chi connectivity index (χ1n) is 12.6. The van der Waals surface area contributed by atoms with Crippen molar-refractivity contribution in [3.63, 3.8) is 0 Å². The van der Waals surface area contributed by atoms with E-state index in [0.717, 1.165) is 23.1 Å². The summed E-state index contributed by atoms with van der Waals surface area (Å²) in [6, 6.07) is 16.8. The number of pyridine rings is 1. The molecule has 1 aliphatic carbocycles. The van der Waals surface area contributed by atoms with E-state index < -0.39 is 10.0 Å². The highest BCUT2D eigenvalue weighted by Gasteiger charge is 2.33. The molecule has 37 heavy (non-hydrogen) atoms. The van der Waals surface area contributed by atoms with E-state index in [1.165, 1.54) is 6.07 Å². The van der Waals surface area contributed by atoms with Crippen molar-refractivity contribution in [2.75, 3.05) is 19.6 Å². The van der Waals surface area contributed by atoms with E-state index in [1.54, 1.807) is 42.6 Å². The van der Waals surface area contributed by atoms with Crippen molar-refractivity contribution in [2.45, 2.75) is 48.6 Å². The van der Waals surface area contributed by atoms with Crippen molar-refractivity contribution in [1.29, 1.82) is 0 Å². The molecule has 1 fully saturated rings. The van der Waals surface area contributed by atoms with Crippen LogP contribution in [0.25, 0.3) is 0 Å². The summed E-state index contributed by atoms with van der Waals surface area (Å²) in [6.07, 6.45) is 6.34. The molecule has 0 bridgehead atoms. The van der Waals surface area contributed by atoms with Crippen LogP contribution in [0.5, 0.6) is 0 Å². The second-order valence-corrected chi connectivity index (χ2v) is 11.6. The number of carbonyl (C=O) groups is 1. The first-order chi connectivity index (χ1) is 17.9. The number of halogens is 1. The summed E-state index contributed by atoms with van der Waals surface area (Å²) in [6.45, 7) is 1.32. The Labute approximate surface area is 217 Å². The molecule has 2 aliphatic rings. The second-order valence-electron chi connectivity index (χ2n) is 9.88. The van der Waals surface area contributed by atoms with Crippen molar-refractivity contribution in [1.82, 2.24) is 19.9 Å². The molecule has 9 heteroatoms. The van der Waals surface area contributed by atoms with Gasteiger partial charge in [0.2, 0.25) is 15.9 Å². The highest BCUT2D eigenvalue weighted by molar-refractivity contribution is 7.89. The zero-order valence-corrected chi connectivity index (χ0v) is 21.3. The smallest absolute Gasteiger partial charge is 0.240 e. The number of fused-ring (bicyclic) bond motifs is 1. The van der Waals surface area contributed by atoms with Crippen LogP contribution in [0.15, 0.2) is 78.0 Å². The van der Waals surface area contributed by atoms with Crippen molar-refractivity contribution < 1.29 is 17.6 Å². The van der Waals surface area contributed by atoms with Gasteiger partial charge in [0.15, 0.2) is 0 Å². The van der Waals surface area contributed by atoms with Gasteiger partial charge in [0.25, 0.3) is 0 Å². The molecule has 0 radical (unpaired) electrons. The number of aromatic nitrogens is 1. The summed E-state index contributed by atoms with van der Waals surface area (Å²) < 4.78 is 42.0. The number of benzene rings is 2. The molecule has 2 unspecified atom stereocenters. The monoisotopic (exact) mass is 522 g/mol. The number of aryl methyl sites for hydroxylation is 1. The topological polar surface area (TPSA) is 91.4 Å². The summed E-state index contributed by atoms with van der Waals surface area (Å²) in [5.74, 6) is -0.312. The number of rotatable bonds is 8. The number of hydrogen-bond donors (Lipinski definition) is 2. The standard InChI is InChI=1S/C28H31FN4O3S/c29-22-9-10-25-21(16-22)8-11-27(26(25)15-20-5-4-13-30-17-20)31-28(34)19-33-14-12-23(18-33)32-37(35,36)24-6-2-1-3-7-24/h1-7,9-10,13,16-17,23,26-27,32H,8,11-12,14-15,18-19H2,(H,31,34)/t23-,26?,27?/m0/s1. The van der Waals surface area contributed by atoms with Crippen molar-refractivity contribution >= 4 is 15.9 Å². The number of likely N-dealkylation sites (tertiary alicyclic amines) is 1. The van der Waals surface area contributed by atoms with Gasteiger partial charge in [-0.25, -0.2) is 17.5 Å². The molecule has 2 heterocycles. The van der Waals surface area contributed by atoms with Gasteiger partial charge in [0.1, 0.15) is 5.82 Å². The van der Waals surface area contributed by atoms with E-state index in [4.69, 9.17) is 0 Å². The number of hydrogen-bond acceptors (Lipinski definition) is 5. The fraction of sp³-hybridized carbons (Fsp3) is 0.357. The summed E-state index contributed by atoms with van der Waals surface area (Å²) >= 11 is 0. The zero-order chi connectivity index (χ0) is 25.8. The fourth-order valence-electron chi connectivity index (χ4n) is 5.49. The van der Waals surface area contributed by atoms with Crippen molar-refractivity contribution in [3.8, 4) is 0 Å². The first-order valence-corrected chi connectivity index (χ1v) is 14.1. The number of nitrogens with one attached hydrogen (secondary N) is 2. The number of nitrogens with zero attached hydrogens (tertiary/aromatic N) is 2. The number of sulfonamides is 1. The van der Waals surface area contributed by atoms with Gasteiger partial charge in [-0.05, 0) is 72.7 Å². The van der Waals surface area contributed by atoms with E-state index in [-0.39, 0.29) is 41.2 Å². The molecule has 1 amide bonds. The molecular formula is C28H31FN4O3S. The Morgan fingerprint density at radius 3 is 2.70 bits per heavy atom. The minimum atomic E-state index is -3.60. The van der Waals surface area contributed by atoms with Crippen LogP contribution >= 0.6 is 0 Å². The maximum atomic E-state index is 13.9. The van der Waals surface area contributed by atoms with Crippen LogP contribution in [0.4, 0.5) is 4.39 Å². The van der Waals surface area contributed by atoms with Gasteiger partial charge in [-0.15, -0.1) is 0 Å². The van der Waals surface area contributed by atoms with Crippen molar-refractivity contribution in [2.24, 2.45) is 0 Å². The van der Waals surface area contributed by atoms with Gasteiger partial charge in [-0.2, -0.15) is 0 Å². The highest BCUT2D eigenvalue weighted by atomic mass is 32.2. The maximum Gasteiger partial charge on any atom is 0.240 e. The van der Waals surface area contributed by atoms with Gasteiger partial charge >= 0.3 is 0 Å². The van der Waals surface area contributed by atoms with Crippen LogP contribution in [0, 0.1) is 5.82 Å². The summed E-state index contributed by atoms with van der Waals surface area (Å²) in [7, 11) is -3.60. The van der Waals surface area contributed by atoms with E-state index >= 15 is 0 Å². The Kier molecular flexibility index (Phi) is 7.64. The van der Waals surface area contributed by atoms with Crippen LogP contribution in [-0.4, -0.2) is 55.9 Å². The molecule has 1 aliphatic heterocycles. The Bertz CT molecular complexity index is 1340. The van der Waals surface area contributed by atoms with Crippen LogP contribution in [-0.2, 0) is 27.7 Å². The summed E-state index contributed by atoms with van der Waals surface area (Å²) in [5.41, 5.74) is 3.13. The Morgan fingerprint density at radius 2 is 1.92 bits per heavy atom. The fourth-order valence-corrected chi connectivity index (χ4v) is 6.78. The van der Waals surface area contributed by atoms with E-state index in [1.807, 2.05) is 29.3 Å². The lowest BCUT2D eigenvalue weighted by atomic mass is 9.76. The third-order valence-corrected chi connectivity index (χ3v) is 8.79. The second kappa shape index (κ2) is 11.1. The molecule has 1 saturated heterocycles. The predicted molar refractivity (Wildman–Crippen MR) is 139 cm³/mol. The molecule has 194 valence electrons. The molecule has 3 aromatic rings. The normalized spacial score (nSPS) is 21.9. The summed E-state index contributed by atoms with van der Waals surface area (Å²) in [5, 5.41) is 3.23. The maximum absolute atomic E-state index is 13.9. The zero-order valence-electron chi connectivity index (χ0n) is 20.5. The molecule has 1 aromatic heterocycles. The van der Waals surface area contributed by atoms with Crippen molar-refractivity contribution in [3.05, 3.63) is 95.6 Å². The largest absolute Gasteiger partial charge is 0.352 e. The van der Waals surface area contributed by atoms with Gasteiger partial charge < -0.3 is 5.32 Å². The van der Waals surface area contributed by atoms with Crippen LogP contribution in [0.2, 0.25) is 0 Å². The molecule has 0 saturated carbocycles. The van der Waals surface area contributed by atoms with Crippen LogP contribution in [0.1, 0.15) is 35.4 Å². The average Bonchev–Trinajstić information content (AvgIpc) is 3.32. The lowest BCUT2D eigenvalue weighted by Crippen LogP contribution is -2.46. The third-order valence-electron chi connectivity index (χ3n) is 7.25. The Balaban J connectivity index is 1.21. The quantitative estimate of drug-likeness (QED) is 0.475. The Hall–Kier alpha value is -3.14. The molecule has 3 atom stereocenters. The van der Waals surface area contributed by atoms with E-state index in [0.29, 0.717) is 32.4 Å². The number of carbonyl (C=O) groups excluding carboxylic acids is 1. The molecule has 0 spiro atoms. The molecular weight excluding hydrogens is 491 g/mol. The lowest BCUT2D eigenvalue weighted by Gasteiger charge is -2.35. The molecule has 7 nitrogen and oxygen atoms in total. The van der Waals surface area contributed by atoms with Crippen LogP contribution in [0.3, 0.4) is 0 Å². The van der Waals surface area contributed by atoms with Gasteiger partial charge in [0.05, 0.1) is 11.4 Å². The lowest BCUT2D eigenvalue weighted by molar-refractivity contribution is -0.123. The van der Waals surface area contributed by atoms with Gasteiger partial charge in [0, 0.05) is 43.5 Å². The SMILES string of the molecule is O=C(CN1CC[C@H](NS(=O)(=O)c2ccccc2)C1)NC1CCc2cc(F)ccc2C1Cc1cccnc1. The highest BCUT2D eigenvalue weighted by Crippen LogP contribution is 2.35. The molecule has 5 rings (SSSR count). The van der Waals surface area contributed by atoms with Crippen LogP contribution < -0.4 is 10.0 Å². The molecule has 2 N–H and O–H groups in total. The minimum Gasteiger partial charge on any atom is -0.352 e. The van der Waals surface area contributed by atoms with E-state index in [2.05, 4.69) is 15.0 Å². The first kappa shape index (κ1) is 25.5. The predicted octanol–water partition coefficient (Wildman–Crippen LogP) is 3.03. The number of amides is 1. The van der Waals surface area contributed by atoms with Gasteiger partial charge in [-0.3, -0.25) is 14.7 Å². The molecule has 2 aromatic carbocycles. The summed E-state index contributed by atoms with van der Waals surface area (Å²) in [4.78, 5) is 19.5. The Morgan fingerprint density at radius 1 is 1.08 bits per heavy atom. The average molecular weight is 523 g/mol. The minimum absolute atomic E-state index is 0.0153. The van der Waals surface area contributed by atoms with Gasteiger partial charge in [-0.1, -0.05) is 30.3 Å².